The predicted molar refractivity (Wildman–Crippen MR) is 71.6 cm³/mol. The van der Waals surface area contributed by atoms with Crippen molar-refractivity contribution in [2.45, 2.75) is 33.3 Å². The number of nitrogens with one attached hydrogen (secondary N) is 1. The highest BCUT2D eigenvalue weighted by molar-refractivity contribution is 5.58. The minimum absolute atomic E-state index is 0.219. The summed E-state index contributed by atoms with van der Waals surface area (Å²) in [5.41, 5.74) is 3.62. The normalized spacial score (nSPS) is 20.7. The molecular formula is C12H21N5O. The van der Waals surface area contributed by atoms with Crippen LogP contribution in [-0.4, -0.2) is 35.8 Å². The highest BCUT2D eigenvalue weighted by Gasteiger charge is 2.20. The van der Waals surface area contributed by atoms with E-state index in [2.05, 4.69) is 27.2 Å². The van der Waals surface area contributed by atoms with Gasteiger partial charge in [0.05, 0.1) is 6.10 Å². The first-order chi connectivity index (χ1) is 8.61. The van der Waals surface area contributed by atoms with E-state index < -0.39 is 0 Å². The number of aromatic nitrogens is 2. The zero-order valence-electron chi connectivity index (χ0n) is 11.2. The highest BCUT2D eigenvalue weighted by Crippen LogP contribution is 2.24. The molecule has 1 atom stereocenters. The van der Waals surface area contributed by atoms with Gasteiger partial charge in [-0.25, -0.2) is 15.8 Å². The zero-order valence-corrected chi connectivity index (χ0v) is 11.2. The number of nitrogens with zero attached hydrogens (tertiary/aromatic N) is 3. The Kier molecular flexibility index (Phi) is 3.98. The second-order valence-electron chi connectivity index (χ2n) is 4.69. The summed E-state index contributed by atoms with van der Waals surface area (Å²) in [4.78, 5) is 11.1. The molecule has 1 fully saturated rings. The number of nitrogens with two attached hydrogens (primary N) is 1. The van der Waals surface area contributed by atoms with Crippen molar-refractivity contribution in [1.29, 1.82) is 0 Å². The summed E-state index contributed by atoms with van der Waals surface area (Å²) in [7, 11) is 0. The van der Waals surface area contributed by atoms with Gasteiger partial charge in [0.1, 0.15) is 17.5 Å². The summed E-state index contributed by atoms with van der Waals surface area (Å²) >= 11 is 0. The fraction of sp³-hybridized carbons (Fsp3) is 0.667. The van der Waals surface area contributed by atoms with Gasteiger partial charge in [-0.3, -0.25) is 0 Å². The van der Waals surface area contributed by atoms with E-state index in [4.69, 9.17) is 10.6 Å². The number of aryl methyl sites for hydroxylation is 1. The summed E-state index contributed by atoms with van der Waals surface area (Å²) in [6.45, 7) is 8.56. The second-order valence-corrected chi connectivity index (χ2v) is 4.69. The van der Waals surface area contributed by atoms with Crippen molar-refractivity contribution in [2.75, 3.05) is 30.0 Å². The Morgan fingerprint density at radius 2 is 2.17 bits per heavy atom. The summed E-state index contributed by atoms with van der Waals surface area (Å²) in [6.07, 6.45) is 1.23. The van der Waals surface area contributed by atoms with Gasteiger partial charge in [0, 0.05) is 25.3 Å². The summed E-state index contributed by atoms with van der Waals surface area (Å²) in [6, 6.07) is 0. The lowest BCUT2D eigenvalue weighted by molar-refractivity contribution is 0.0820. The number of hydrogen-bond acceptors (Lipinski definition) is 6. The third kappa shape index (κ3) is 2.70. The van der Waals surface area contributed by atoms with Gasteiger partial charge in [0.2, 0.25) is 0 Å². The maximum Gasteiger partial charge on any atom is 0.148 e. The van der Waals surface area contributed by atoms with Crippen LogP contribution in [0.3, 0.4) is 0 Å². The maximum atomic E-state index is 5.66. The van der Waals surface area contributed by atoms with Crippen molar-refractivity contribution in [3.8, 4) is 0 Å². The molecule has 2 heterocycles. The van der Waals surface area contributed by atoms with Crippen molar-refractivity contribution in [3.63, 3.8) is 0 Å². The average molecular weight is 251 g/mol. The molecule has 1 saturated heterocycles. The average Bonchev–Trinajstić information content (AvgIpc) is 2.56. The molecule has 0 saturated carbocycles. The number of rotatable bonds is 2. The van der Waals surface area contributed by atoms with Crippen LogP contribution in [0.2, 0.25) is 0 Å². The summed E-state index contributed by atoms with van der Waals surface area (Å²) in [5, 5.41) is 0. The molecule has 3 N–H and O–H groups in total. The smallest absolute Gasteiger partial charge is 0.148 e. The maximum absolute atomic E-state index is 5.66. The third-order valence-corrected chi connectivity index (χ3v) is 3.12. The number of hydrazine groups is 1. The highest BCUT2D eigenvalue weighted by atomic mass is 16.5. The molecule has 0 spiro atoms. The standard InChI is InChI=1S/C12H21N5O/c1-8-7-17(5-4-6-18-8)12-9(2)11(16-13)14-10(3)15-12/h8H,4-7,13H2,1-3H3,(H,14,15,16). The molecule has 0 aliphatic carbocycles. The molecule has 6 heteroatoms. The molecule has 1 unspecified atom stereocenters. The lowest BCUT2D eigenvalue weighted by Crippen LogP contribution is -2.32. The van der Waals surface area contributed by atoms with E-state index in [1.165, 1.54) is 0 Å². The predicted octanol–water partition coefficient (Wildman–Crippen LogP) is 0.994. The molecule has 18 heavy (non-hydrogen) atoms. The van der Waals surface area contributed by atoms with Gasteiger partial charge in [-0.1, -0.05) is 0 Å². The first kappa shape index (κ1) is 13.0. The third-order valence-electron chi connectivity index (χ3n) is 3.12. The topological polar surface area (TPSA) is 76.3 Å². The number of nitrogen functional groups attached to an aromatic ring is 1. The van der Waals surface area contributed by atoms with Gasteiger partial charge in [-0.2, -0.15) is 0 Å². The largest absolute Gasteiger partial charge is 0.377 e. The number of ether oxygens (including phenoxy) is 1. The Morgan fingerprint density at radius 3 is 2.89 bits per heavy atom. The van der Waals surface area contributed by atoms with Gasteiger partial charge in [0.25, 0.3) is 0 Å². The number of hydrogen-bond donors (Lipinski definition) is 2. The monoisotopic (exact) mass is 251 g/mol. The molecule has 0 aromatic carbocycles. The van der Waals surface area contributed by atoms with Gasteiger partial charge in [-0.05, 0) is 27.2 Å². The molecule has 0 radical (unpaired) electrons. The van der Waals surface area contributed by atoms with Gasteiger partial charge >= 0.3 is 0 Å². The Labute approximate surface area is 108 Å². The van der Waals surface area contributed by atoms with E-state index >= 15 is 0 Å². The lowest BCUT2D eigenvalue weighted by atomic mass is 10.2. The molecule has 0 bridgehead atoms. The van der Waals surface area contributed by atoms with E-state index in [1.54, 1.807) is 0 Å². The van der Waals surface area contributed by atoms with Gasteiger partial charge < -0.3 is 15.1 Å². The molecule has 6 nitrogen and oxygen atoms in total. The Balaban J connectivity index is 2.33. The van der Waals surface area contributed by atoms with E-state index in [1.807, 2.05) is 13.8 Å². The molecule has 0 amide bonds. The Hall–Kier alpha value is -1.40. The minimum atomic E-state index is 0.219. The van der Waals surface area contributed by atoms with Crippen molar-refractivity contribution in [3.05, 3.63) is 11.4 Å². The Morgan fingerprint density at radius 1 is 1.39 bits per heavy atom. The summed E-state index contributed by atoms with van der Waals surface area (Å²) in [5.74, 6) is 7.86. The molecule has 1 aromatic heterocycles. The zero-order chi connectivity index (χ0) is 13.1. The molecule has 1 aliphatic rings. The quantitative estimate of drug-likeness (QED) is 0.603. The minimum Gasteiger partial charge on any atom is -0.377 e. The molecule has 1 aromatic rings. The van der Waals surface area contributed by atoms with Gasteiger partial charge in [0.15, 0.2) is 0 Å². The SMILES string of the molecule is Cc1nc(NN)c(C)c(N2CCCOC(C)C2)n1. The van der Waals surface area contributed by atoms with Crippen molar-refractivity contribution < 1.29 is 4.74 Å². The van der Waals surface area contributed by atoms with Crippen LogP contribution < -0.4 is 16.2 Å². The van der Waals surface area contributed by atoms with Crippen LogP contribution in [0.15, 0.2) is 0 Å². The van der Waals surface area contributed by atoms with Crippen LogP contribution >= 0.6 is 0 Å². The van der Waals surface area contributed by atoms with E-state index in [0.717, 1.165) is 43.3 Å². The fourth-order valence-electron chi connectivity index (χ4n) is 2.25. The van der Waals surface area contributed by atoms with E-state index in [-0.39, 0.29) is 6.10 Å². The molecule has 1 aliphatic heterocycles. The van der Waals surface area contributed by atoms with Crippen LogP contribution in [0.5, 0.6) is 0 Å². The van der Waals surface area contributed by atoms with Crippen LogP contribution in [0.1, 0.15) is 24.7 Å². The van der Waals surface area contributed by atoms with Crippen molar-refractivity contribution in [1.82, 2.24) is 9.97 Å². The molecule has 2 rings (SSSR count). The fourth-order valence-corrected chi connectivity index (χ4v) is 2.25. The van der Waals surface area contributed by atoms with E-state index in [9.17, 15) is 0 Å². The molecule has 100 valence electrons. The van der Waals surface area contributed by atoms with Crippen LogP contribution in [0, 0.1) is 13.8 Å². The van der Waals surface area contributed by atoms with Crippen LogP contribution in [0.25, 0.3) is 0 Å². The second kappa shape index (κ2) is 5.49. The van der Waals surface area contributed by atoms with Crippen LogP contribution in [-0.2, 0) is 4.74 Å². The van der Waals surface area contributed by atoms with Crippen molar-refractivity contribution >= 4 is 11.6 Å². The first-order valence-corrected chi connectivity index (χ1v) is 6.30. The van der Waals surface area contributed by atoms with Gasteiger partial charge in [-0.15, -0.1) is 0 Å². The summed E-state index contributed by atoms with van der Waals surface area (Å²) < 4.78 is 5.66. The van der Waals surface area contributed by atoms with Crippen molar-refractivity contribution in [2.24, 2.45) is 5.84 Å². The Bertz CT molecular complexity index is 423. The molecular weight excluding hydrogens is 230 g/mol. The van der Waals surface area contributed by atoms with Crippen LogP contribution in [0.4, 0.5) is 11.6 Å². The first-order valence-electron chi connectivity index (χ1n) is 6.30. The number of anilines is 2. The lowest BCUT2D eigenvalue weighted by Gasteiger charge is -2.25. The van der Waals surface area contributed by atoms with E-state index in [0.29, 0.717) is 5.82 Å².